The molecule has 1 aliphatic heterocycles. The molecule has 0 saturated heterocycles. The van der Waals surface area contributed by atoms with Crippen molar-refractivity contribution in [3.8, 4) is 0 Å². The largest absolute Gasteiger partial charge is 0.464 e. The monoisotopic (exact) mass is 297 g/mol. The summed E-state index contributed by atoms with van der Waals surface area (Å²) >= 11 is 6.21. The van der Waals surface area contributed by atoms with E-state index in [9.17, 15) is 0 Å². The fraction of sp³-hybridized carbons (Fsp3) is 0.333. The molecule has 102 valence electrons. The van der Waals surface area contributed by atoms with E-state index in [1.54, 1.807) is 6.26 Å². The first-order valence-corrected chi connectivity index (χ1v) is 6.54. The van der Waals surface area contributed by atoms with E-state index in [4.69, 9.17) is 16.0 Å². The van der Waals surface area contributed by atoms with Gasteiger partial charge in [-0.2, -0.15) is 0 Å². The van der Waals surface area contributed by atoms with Crippen molar-refractivity contribution in [1.82, 2.24) is 5.32 Å². The van der Waals surface area contributed by atoms with Gasteiger partial charge in [0.25, 0.3) is 0 Å². The van der Waals surface area contributed by atoms with E-state index in [0.717, 1.165) is 34.6 Å². The van der Waals surface area contributed by atoms with Crippen LogP contribution in [0.3, 0.4) is 0 Å². The summed E-state index contributed by atoms with van der Waals surface area (Å²) in [7, 11) is 0. The SMILES string of the molecule is CC1(C)CNCC=C1c1cc(Cl)cc2ccoc12.Cl. The summed E-state index contributed by atoms with van der Waals surface area (Å²) in [5.74, 6) is 0. The zero-order valence-corrected chi connectivity index (χ0v) is 12.6. The summed E-state index contributed by atoms with van der Waals surface area (Å²) in [5, 5.41) is 5.21. The van der Waals surface area contributed by atoms with Gasteiger partial charge in [-0.25, -0.2) is 0 Å². The third kappa shape index (κ3) is 2.53. The van der Waals surface area contributed by atoms with E-state index in [-0.39, 0.29) is 17.8 Å². The molecule has 1 N–H and O–H groups in total. The highest BCUT2D eigenvalue weighted by Crippen LogP contribution is 2.40. The fourth-order valence-corrected chi connectivity index (χ4v) is 2.88. The lowest BCUT2D eigenvalue weighted by atomic mass is 9.78. The maximum atomic E-state index is 6.21. The molecule has 0 unspecified atom stereocenters. The van der Waals surface area contributed by atoms with E-state index in [1.165, 1.54) is 5.57 Å². The number of fused-ring (bicyclic) bond motifs is 1. The molecule has 0 atom stereocenters. The van der Waals surface area contributed by atoms with Gasteiger partial charge in [0.05, 0.1) is 6.26 Å². The van der Waals surface area contributed by atoms with Crippen LogP contribution in [0, 0.1) is 5.41 Å². The Morgan fingerprint density at radius 2 is 2.11 bits per heavy atom. The second-order valence-electron chi connectivity index (χ2n) is 5.42. The molecular formula is C15H17Cl2NO. The number of benzene rings is 1. The van der Waals surface area contributed by atoms with E-state index < -0.39 is 0 Å². The highest BCUT2D eigenvalue weighted by molar-refractivity contribution is 6.31. The van der Waals surface area contributed by atoms with E-state index in [0.29, 0.717) is 0 Å². The topological polar surface area (TPSA) is 25.2 Å². The lowest BCUT2D eigenvalue weighted by Gasteiger charge is -2.32. The summed E-state index contributed by atoms with van der Waals surface area (Å²) in [6.45, 7) is 6.34. The molecule has 1 aromatic heterocycles. The van der Waals surface area contributed by atoms with Crippen molar-refractivity contribution in [1.29, 1.82) is 0 Å². The van der Waals surface area contributed by atoms with Gasteiger partial charge in [-0.3, -0.25) is 0 Å². The summed E-state index contributed by atoms with van der Waals surface area (Å²) < 4.78 is 5.63. The standard InChI is InChI=1S/C15H16ClNO.ClH/c1-15(2)9-17-5-3-13(15)12-8-11(16)7-10-4-6-18-14(10)12;/h3-4,6-8,17H,5,9H2,1-2H3;1H. The average molecular weight is 298 g/mol. The molecule has 0 amide bonds. The summed E-state index contributed by atoms with van der Waals surface area (Å²) in [6.07, 6.45) is 3.95. The second kappa shape index (κ2) is 5.20. The lowest BCUT2D eigenvalue weighted by molar-refractivity contribution is 0.445. The number of hydrogen-bond donors (Lipinski definition) is 1. The normalized spacial score (nSPS) is 17.9. The molecule has 4 heteroatoms. The lowest BCUT2D eigenvalue weighted by Crippen LogP contribution is -2.35. The number of furan rings is 1. The van der Waals surface area contributed by atoms with Crippen molar-refractivity contribution in [2.24, 2.45) is 5.41 Å². The Morgan fingerprint density at radius 1 is 1.32 bits per heavy atom. The fourth-order valence-electron chi connectivity index (χ4n) is 2.65. The predicted molar refractivity (Wildman–Crippen MR) is 83.1 cm³/mol. The van der Waals surface area contributed by atoms with E-state index in [1.807, 2.05) is 18.2 Å². The van der Waals surface area contributed by atoms with Crippen LogP contribution in [0.5, 0.6) is 0 Å². The van der Waals surface area contributed by atoms with Crippen LogP contribution in [-0.2, 0) is 0 Å². The molecule has 2 heterocycles. The molecule has 0 spiro atoms. The van der Waals surface area contributed by atoms with Crippen LogP contribution in [0.15, 0.2) is 35.0 Å². The first-order valence-electron chi connectivity index (χ1n) is 6.16. The molecule has 0 fully saturated rings. The summed E-state index contributed by atoms with van der Waals surface area (Å²) in [5.41, 5.74) is 3.45. The number of hydrogen-bond acceptors (Lipinski definition) is 2. The first-order chi connectivity index (χ1) is 8.58. The number of halogens is 2. The van der Waals surface area contributed by atoms with Gasteiger partial charge in [0.2, 0.25) is 0 Å². The van der Waals surface area contributed by atoms with Crippen molar-refractivity contribution in [2.75, 3.05) is 13.1 Å². The van der Waals surface area contributed by atoms with Crippen molar-refractivity contribution >= 4 is 40.6 Å². The molecule has 1 aromatic carbocycles. The van der Waals surface area contributed by atoms with Gasteiger partial charge >= 0.3 is 0 Å². The van der Waals surface area contributed by atoms with Crippen LogP contribution >= 0.6 is 24.0 Å². The van der Waals surface area contributed by atoms with Crippen molar-refractivity contribution < 1.29 is 4.42 Å². The molecular weight excluding hydrogens is 281 g/mol. The van der Waals surface area contributed by atoms with Gasteiger partial charge in [-0.05, 0) is 23.8 Å². The minimum atomic E-state index is 0. The molecule has 2 nitrogen and oxygen atoms in total. The Hall–Kier alpha value is -0.960. The highest BCUT2D eigenvalue weighted by Gasteiger charge is 2.28. The zero-order valence-electron chi connectivity index (χ0n) is 11.0. The molecule has 19 heavy (non-hydrogen) atoms. The van der Waals surface area contributed by atoms with Crippen LogP contribution < -0.4 is 5.32 Å². The Balaban J connectivity index is 0.00000133. The van der Waals surface area contributed by atoms with Gasteiger partial charge < -0.3 is 9.73 Å². The van der Waals surface area contributed by atoms with E-state index >= 15 is 0 Å². The molecule has 3 rings (SSSR count). The van der Waals surface area contributed by atoms with Crippen molar-refractivity contribution in [2.45, 2.75) is 13.8 Å². The smallest absolute Gasteiger partial charge is 0.141 e. The van der Waals surface area contributed by atoms with Crippen LogP contribution in [0.4, 0.5) is 0 Å². The molecule has 0 radical (unpaired) electrons. The average Bonchev–Trinajstić information content (AvgIpc) is 2.75. The molecule has 2 aromatic rings. The molecule has 0 bridgehead atoms. The van der Waals surface area contributed by atoms with Crippen LogP contribution in [-0.4, -0.2) is 13.1 Å². The molecule has 1 aliphatic rings. The Kier molecular flexibility index (Phi) is 3.95. The van der Waals surface area contributed by atoms with E-state index in [2.05, 4.69) is 25.2 Å². The maximum absolute atomic E-state index is 6.21. The highest BCUT2D eigenvalue weighted by atomic mass is 35.5. The van der Waals surface area contributed by atoms with Crippen molar-refractivity contribution in [3.63, 3.8) is 0 Å². The van der Waals surface area contributed by atoms with Crippen LogP contribution in [0.1, 0.15) is 19.4 Å². The Morgan fingerprint density at radius 3 is 2.84 bits per heavy atom. The van der Waals surface area contributed by atoms with Gasteiger partial charge in [0, 0.05) is 34.5 Å². The number of rotatable bonds is 1. The minimum Gasteiger partial charge on any atom is -0.464 e. The number of nitrogens with one attached hydrogen (secondary N) is 1. The Labute approximate surface area is 124 Å². The molecule has 0 saturated carbocycles. The maximum Gasteiger partial charge on any atom is 0.141 e. The van der Waals surface area contributed by atoms with Gasteiger partial charge in [-0.15, -0.1) is 12.4 Å². The quantitative estimate of drug-likeness (QED) is 0.837. The van der Waals surface area contributed by atoms with Gasteiger partial charge in [0.15, 0.2) is 0 Å². The molecule has 0 aliphatic carbocycles. The first kappa shape index (κ1) is 14.4. The summed E-state index contributed by atoms with van der Waals surface area (Å²) in [4.78, 5) is 0. The van der Waals surface area contributed by atoms with Gasteiger partial charge in [-0.1, -0.05) is 31.5 Å². The minimum absolute atomic E-state index is 0. The Bertz CT molecular complexity index is 628. The van der Waals surface area contributed by atoms with Crippen LogP contribution in [0.2, 0.25) is 5.02 Å². The zero-order chi connectivity index (χ0) is 12.8. The van der Waals surface area contributed by atoms with Gasteiger partial charge in [0.1, 0.15) is 5.58 Å². The van der Waals surface area contributed by atoms with Crippen molar-refractivity contribution in [3.05, 3.63) is 41.1 Å². The third-order valence-corrected chi connectivity index (χ3v) is 3.77. The van der Waals surface area contributed by atoms with Crippen LogP contribution in [0.25, 0.3) is 16.5 Å². The predicted octanol–water partition coefficient (Wildman–Crippen LogP) is 4.52. The summed E-state index contributed by atoms with van der Waals surface area (Å²) in [6, 6.07) is 5.91. The second-order valence-corrected chi connectivity index (χ2v) is 5.86. The third-order valence-electron chi connectivity index (χ3n) is 3.55.